The minimum absolute atomic E-state index is 0.00182. The summed E-state index contributed by atoms with van der Waals surface area (Å²) in [5.41, 5.74) is 2.21. The van der Waals surface area contributed by atoms with Gasteiger partial charge in [-0.25, -0.2) is 4.79 Å². The van der Waals surface area contributed by atoms with E-state index in [9.17, 15) is 9.90 Å². The molecule has 1 aromatic rings. The lowest BCUT2D eigenvalue weighted by Gasteiger charge is -2.37. The molecule has 1 aliphatic carbocycles. The predicted octanol–water partition coefficient (Wildman–Crippen LogP) is 2.10. The first-order valence-electron chi connectivity index (χ1n) is 10.4. The zero-order chi connectivity index (χ0) is 20.8. The number of aromatic amines is 1. The molecule has 3 atom stereocenters. The fourth-order valence-electron chi connectivity index (χ4n) is 3.90. The number of H-pyrrole nitrogens is 1. The van der Waals surface area contributed by atoms with Crippen LogP contribution in [0.4, 0.5) is 0 Å². The molecule has 8 heteroatoms. The van der Waals surface area contributed by atoms with E-state index < -0.39 is 11.9 Å². The molecule has 0 saturated carbocycles. The van der Waals surface area contributed by atoms with Gasteiger partial charge in [0.15, 0.2) is 0 Å². The van der Waals surface area contributed by atoms with Crippen LogP contribution >= 0.6 is 22.6 Å². The van der Waals surface area contributed by atoms with E-state index in [2.05, 4.69) is 57.0 Å². The van der Waals surface area contributed by atoms with Crippen molar-refractivity contribution in [3.63, 3.8) is 0 Å². The minimum Gasteiger partial charge on any atom is -0.413 e. The number of β-amino-alcohol motifs (C(OH)–C–C–N with tert-alkyl or cyclic N) is 1. The van der Waals surface area contributed by atoms with Crippen LogP contribution in [0.15, 0.2) is 33.6 Å². The van der Waals surface area contributed by atoms with Gasteiger partial charge in [-0.05, 0) is 26.2 Å². The number of nitrogens with one attached hydrogen (secondary N) is 1. The van der Waals surface area contributed by atoms with Crippen LogP contribution < -0.4 is 5.76 Å². The Kier molecular flexibility index (Phi) is 8.40. The van der Waals surface area contributed by atoms with Crippen LogP contribution in [-0.2, 0) is 17.6 Å². The van der Waals surface area contributed by atoms with Gasteiger partial charge in [0, 0.05) is 48.8 Å². The van der Waals surface area contributed by atoms with Crippen LogP contribution in [0, 0.1) is 0 Å². The van der Waals surface area contributed by atoms with E-state index in [0.29, 0.717) is 29.3 Å². The van der Waals surface area contributed by atoms with E-state index in [1.165, 1.54) is 5.70 Å². The molecule has 1 aromatic heterocycles. The number of aliphatic hydroxyl groups excluding tert-OH is 1. The van der Waals surface area contributed by atoms with Gasteiger partial charge in [0.25, 0.3) is 0 Å². The smallest absolute Gasteiger partial charge is 0.413 e. The molecular formula is C21H32IN3O4. The summed E-state index contributed by atoms with van der Waals surface area (Å²) >= 11 is 2.40. The number of hydrogen-bond acceptors (Lipinski definition) is 6. The highest BCUT2D eigenvalue weighted by molar-refractivity contribution is 14.1. The Labute approximate surface area is 185 Å². The second-order valence-corrected chi connectivity index (χ2v) is 9.49. The van der Waals surface area contributed by atoms with Crippen LogP contribution in [0.5, 0.6) is 0 Å². The Hall–Kier alpha value is -1.10. The van der Waals surface area contributed by atoms with Crippen molar-refractivity contribution < 1.29 is 14.3 Å². The second-order valence-electron chi connectivity index (χ2n) is 7.89. The number of aliphatic hydroxyl groups is 1. The van der Waals surface area contributed by atoms with Crippen molar-refractivity contribution in [3.05, 3.63) is 46.4 Å². The van der Waals surface area contributed by atoms with E-state index in [1.807, 2.05) is 6.08 Å². The van der Waals surface area contributed by atoms with Crippen molar-refractivity contribution in [2.75, 3.05) is 39.3 Å². The normalized spacial score (nSPS) is 22.9. The van der Waals surface area contributed by atoms with Crippen molar-refractivity contribution >= 4 is 22.6 Å². The van der Waals surface area contributed by atoms with E-state index in [1.54, 1.807) is 0 Å². The van der Waals surface area contributed by atoms with Crippen LogP contribution in [-0.4, -0.2) is 75.4 Å². The molecule has 0 bridgehead atoms. The van der Waals surface area contributed by atoms with Crippen molar-refractivity contribution in [1.82, 2.24) is 14.8 Å². The van der Waals surface area contributed by atoms with E-state index in [4.69, 9.17) is 9.15 Å². The van der Waals surface area contributed by atoms with Crippen LogP contribution in [0.1, 0.15) is 31.2 Å². The highest BCUT2D eigenvalue weighted by Gasteiger charge is 2.25. The third-order valence-corrected chi connectivity index (χ3v) is 6.71. The summed E-state index contributed by atoms with van der Waals surface area (Å²) in [5, 5.41) is 10.4. The molecule has 7 nitrogen and oxygen atoms in total. The van der Waals surface area contributed by atoms with Crippen LogP contribution in [0.3, 0.4) is 0 Å². The van der Waals surface area contributed by atoms with E-state index >= 15 is 0 Å². The minimum atomic E-state index is -0.509. The molecule has 3 unspecified atom stereocenters. The lowest BCUT2D eigenvalue weighted by molar-refractivity contribution is -0.0306. The standard InChI is InChI=1S/C21H32IN3O4/c1-3-16(22)5-4-15(2)25-10-8-24(9-11-25)13-17(26)14-28-18-6-7-19-20(12-18)29-21(27)23-19/h3-4,16-18,26H,1,5-14H2,2H3,(H,23,27)/b15-4+. The van der Waals surface area contributed by atoms with E-state index in [0.717, 1.165) is 51.1 Å². The maximum Gasteiger partial charge on any atom is 0.416 e. The first-order chi connectivity index (χ1) is 13.9. The lowest BCUT2D eigenvalue weighted by Crippen LogP contribution is -2.48. The molecule has 29 heavy (non-hydrogen) atoms. The largest absolute Gasteiger partial charge is 0.416 e. The number of rotatable bonds is 9. The average Bonchev–Trinajstić information content (AvgIpc) is 3.10. The third kappa shape index (κ3) is 6.70. The molecule has 0 radical (unpaired) electrons. The van der Waals surface area contributed by atoms with Crippen molar-refractivity contribution in [2.45, 2.75) is 48.7 Å². The monoisotopic (exact) mass is 517 g/mol. The maximum absolute atomic E-state index is 11.3. The van der Waals surface area contributed by atoms with Gasteiger partial charge in [0.05, 0.1) is 24.5 Å². The van der Waals surface area contributed by atoms with Crippen molar-refractivity contribution in [2.24, 2.45) is 0 Å². The zero-order valence-electron chi connectivity index (χ0n) is 17.1. The highest BCUT2D eigenvalue weighted by atomic mass is 127. The number of aryl methyl sites for hydroxylation is 1. The fourth-order valence-corrected chi connectivity index (χ4v) is 4.16. The Morgan fingerprint density at radius 2 is 2.21 bits per heavy atom. The Morgan fingerprint density at radius 1 is 1.45 bits per heavy atom. The number of allylic oxidation sites excluding steroid dienone is 3. The average molecular weight is 517 g/mol. The molecule has 2 aliphatic rings. The molecule has 2 heterocycles. The van der Waals surface area contributed by atoms with Gasteiger partial charge in [0.1, 0.15) is 5.76 Å². The molecule has 162 valence electrons. The molecule has 2 N–H and O–H groups in total. The van der Waals surface area contributed by atoms with Gasteiger partial charge in [-0.15, -0.1) is 6.58 Å². The molecule has 0 amide bonds. The first kappa shape index (κ1) is 22.6. The quantitative estimate of drug-likeness (QED) is 0.297. The summed E-state index contributed by atoms with van der Waals surface area (Å²) in [6, 6.07) is 0. The van der Waals surface area contributed by atoms with Gasteiger partial charge >= 0.3 is 5.76 Å². The SMILES string of the molecule is C=CC(I)C/C=C(\C)N1CCN(CC(O)COC2CCc3[nH]c(=O)oc3C2)CC1. The molecule has 1 saturated heterocycles. The number of halogens is 1. The summed E-state index contributed by atoms with van der Waals surface area (Å²) in [6.45, 7) is 10.8. The Morgan fingerprint density at radius 3 is 2.93 bits per heavy atom. The molecule has 0 spiro atoms. The molecule has 1 fully saturated rings. The summed E-state index contributed by atoms with van der Waals surface area (Å²) in [7, 11) is 0. The van der Waals surface area contributed by atoms with E-state index in [-0.39, 0.29) is 6.10 Å². The number of piperazine rings is 1. The number of nitrogens with zero attached hydrogens (tertiary/aromatic N) is 2. The van der Waals surface area contributed by atoms with Crippen molar-refractivity contribution in [1.29, 1.82) is 0 Å². The molecular weight excluding hydrogens is 485 g/mol. The Balaban J connectivity index is 1.35. The number of oxazole rings is 1. The first-order valence-corrected chi connectivity index (χ1v) is 11.6. The van der Waals surface area contributed by atoms with Gasteiger partial charge < -0.3 is 19.2 Å². The second kappa shape index (κ2) is 10.8. The summed E-state index contributed by atoms with van der Waals surface area (Å²) in [5.74, 6) is 0.303. The number of aromatic nitrogens is 1. The topological polar surface area (TPSA) is 81.9 Å². The lowest BCUT2D eigenvalue weighted by atomic mass is 9.99. The van der Waals surface area contributed by atoms with Gasteiger partial charge in [-0.2, -0.15) is 0 Å². The number of hydrogen-bond donors (Lipinski definition) is 2. The Bertz CT molecular complexity index is 751. The molecule has 3 rings (SSSR count). The zero-order valence-corrected chi connectivity index (χ0v) is 19.3. The number of ether oxygens (including phenoxy) is 1. The number of alkyl halides is 1. The predicted molar refractivity (Wildman–Crippen MR) is 121 cm³/mol. The van der Waals surface area contributed by atoms with Gasteiger partial charge in [-0.3, -0.25) is 9.88 Å². The molecule has 0 aromatic carbocycles. The summed E-state index contributed by atoms with van der Waals surface area (Å²) in [6.07, 6.45) is 6.95. The van der Waals surface area contributed by atoms with Crippen molar-refractivity contribution in [3.8, 4) is 0 Å². The van der Waals surface area contributed by atoms with Gasteiger partial charge in [0.2, 0.25) is 0 Å². The fraction of sp³-hybridized carbons (Fsp3) is 0.667. The summed E-state index contributed by atoms with van der Waals surface area (Å²) < 4.78 is 11.5. The van der Waals surface area contributed by atoms with Gasteiger partial charge in [-0.1, -0.05) is 34.7 Å². The van der Waals surface area contributed by atoms with Crippen LogP contribution in [0.25, 0.3) is 0 Å². The molecule has 1 aliphatic heterocycles. The van der Waals surface area contributed by atoms with Crippen LogP contribution in [0.2, 0.25) is 0 Å². The third-order valence-electron chi connectivity index (χ3n) is 5.69. The number of fused-ring (bicyclic) bond motifs is 1. The maximum atomic E-state index is 11.3. The highest BCUT2D eigenvalue weighted by Crippen LogP contribution is 2.21. The summed E-state index contributed by atoms with van der Waals surface area (Å²) in [4.78, 5) is 18.7.